The Balaban J connectivity index is 2.27. The summed E-state index contributed by atoms with van der Waals surface area (Å²) in [5.41, 5.74) is 1.46. The van der Waals surface area contributed by atoms with Gasteiger partial charge in [0.05, 0.1) is 19.9 Å². The number of hydrogen-bond acceptors (Lipinski definition) is 4. The summed E-state index contributed by atoms with van der Waals surface area (Å²) in [7, 11) is 3.19. The number of nitriles is 1. The van der Waals surface area contributed by atoms with Gasteiger partial charge in [0.15, 0.2) is 0 Å². The molecule has 1 saturated carbocycles. The van der Waals surface area contributed by atoms with Gasteiger partial charge in [-0.05, 0) is 43.2 Å². The van der Waals surface area contributed by atoms with Crippen LogP contribution in [0.2, 0.25) is 0 Å². The van der Waals surface area contributed by atoms with Crippen molar-refractivity contribution in [2.24, 2.45) is 0 Å². The third-order valence-corrected chi connectivity index (χ3v) is 3.83. The standard InChI is InChI=1S/C17H16N2O3/c1-21-13-6-8-16(22-2)14(9-13)15-7-3-11(10-18)17(20)19(15)12-4-5-12/h3,6-9,12H,4-5H2,1-2H3. The molecule has 5 heteroatoms. The molecule has 1 heterocycles. The Bertz CT molecular complexity index is 814. The monoisotopic (exact) mass is 296 g/mol. The highest BCUT2D eigenvalue weighted by Crippen LogP contribution is 2.40. The summed E-state index contributed by atoms with van der Waals surface area (Å²) in [6, 6.07) is 11.0. The van der Waals surface area contributed by atoms with E-state index in [1.54, 1.807) is 30.9 Å². The lowest BCUT2D eigenvalue weighted by Gasteiger charge is -2.16. The molecule has 0 amide bonds. The number of ether oxygens (including phenoxy) is 2. The maximum absolute atomic E-state index is 12.5. The van der Waals surface area contributed by atoms with Crippen LogP contribution in [0, 0.1) is 11.3 Å². The zero-order valence-corrected chi connectivity index (χ0v) is 12.5. The van der Waals surface area contributed by atoms with Crippen LogP contribution in [0.15, 0.2) is 35.1 Å². The Morgan fingerprint density at radius 2 is 1.95 bits per heavy atom. The number of methoxy groups -OCH3 is 2. The molecule has 0 atom stereocenters. The number of rotatable bonds is 4. The number of aromatic nitrogens is 1. The predicted octanol–water partition coefficient (Wildman–Crippen LogP) is 2.74. The Morgan fingerprint density at radius 3 is 2.55 bits per heavy atom. The fourth-order valence-electron chi connectivity index (χ4n) is 2.57. The van der Waals surface area contributed by atoms with E-state index < -0.39 is 0 Å². The first kappa shape index (κ1) is 14.2. The summed E-state index contributed by atoms with van der Waals surface area (Å²) < 4.78 is 12.4. The van der Waals surface area contributed by atoms with Crippen LogP contribution in [0.5, 0.6) is 11.5 Å². The first-order chi connectivity index (χ1) is 10.7. The molecular formula is C17H16N2O3. The van der Waals surface area contributed by atoms with Crippen molar-refractivity contribution >= 4 is 0 Å². The molecule has 5 nitrogen and oxygen atoms in total. The number of benzene rings is 1. The maximum atomic E-state index is 12.5. The van der Waals surface area contributed by atoms with Crippen molar-refractivity contribution in [2.45, 2.75) is 18.9 Å². The Morgan fingerprint density at radius 1 is 1.18 bits per heavy atom. The number of nitrogens with zero attached hydrogens (tertiary/aromatic N) is 2. The third kappa shape index (κ3) is 2.33. The molecule has 1 aliphatic carbocycles. The minimum absolute atomic E-state index is 0.159. The van der Waals surface area contributed by atoms with E-state index in [0.717, 1.165) is 24.1 Å². The van der Waals surface area contributed by atoms with Crippen molar-refractivity contribution in [1.82, 2.24) is 4.57 Å². The molecule has 0 bridgehead atoms. The van der Waals surface area contributed by atoms with Crippen LogP contribution in [-0.2, 0) is 0 Å². The minimum Gasteiger partial charge on any atom is -0.497 e. The average Bonchev–Trinajstić information content (AvgIpc) is 3.38. The van der Waals surface area contributed by atoms with E-state index in [2.05, 4.69) is 0 Å². The lowest BCUT2D eigenvalue weighted by molar-refractivity contribution is 0.404. The highest BCUT2D eigenvalue weighted by Gasteiger charge is 2.28. The van der Waals surface area contributed by atoms with Crippen LogP contribution in [0.25, 0.3) is 11.3 Å². The van der Waals surface area contributed by atoms with Crippen LogP contribution < -0.4 is 15.0 Å². The predicted molar refractivity (Wildman–Crippen MR) is 82.2 cm³/mol. The second-order valence-corrected chi connectivity index (χ2v) is 5.22. The Labute approximate surface area is 128 Å². The highest BCUT2D eigenvalue weighted by molar-refractivity contribution is 5.70. The van der Waals surface area contributed by atoms with Gasteiger partial charge in [-0.2, -0.15) is 5.26 Å². The molecule has 22 heavy (non-hydrogen) atoms. The fraction of sp³-hybridized carbons (Fsp3) is 0.294. The second kappa shape index (κ2) is 5.57. The maximum Gasteiger partial charge on any atom is 0.269 e. The zero-order valence-electron chi connectivity index (χ0n) is 12.5. The molecule has 1 fully saturated rings. The molecule has 1 aromatic heterocycles. The van der Waals surface area contributed by atoms with Gasteiger partial charge in [0, 0.05) is 11.6 Å². The van der Waals surface area contributed by atoms with Crippen molar-refractivity contribution in [3.8, 4) is 28.8 Å². The van der Waals surface area contributed by atoms with Gasteiger partial charge in [0.2, 0.25) is 0 Å². The molecule has 2 aromatic rings. The summed E-state index contributed by atoms with van der Waals surface area (Å²) in [4.78, 5) is 12.5. The van der Waals surface area contributed by atoms with Crippen LogP contribution in [0.3, 0.4) is 0 Å². The molecule has 0 radical (unpaired) electrons. The van der Waals surface area contributed by atoms with Crippen molar-refractivity contribution < 1.29 is 9.47 Å². The van der Waals surface area contributed by atoms with E-state index >= 15 is 0 Å². The minimum atomic E-state index is -0.243. The van der Waals surface area contributed by atoms with Gasteiger partial charge in [0.1, 0.15) is 23.1 Å². The largest absolute Gasteiger partial charge is 0.497 e. The molecule has 112 valence electrons. The van der Waals surface area contributed by atoms with Crippen LogP contribution >= 0.6 is 0 Å². The van der Waals surface area contributed by atoms with Gasteiger partial charge in [-0.3, -0.25) is 4.79 Å². The second-order valence-electron chi connectivity index (χ2n) is 5.22. The Kier molecular flexibility index (Phi) is 3.60. The van der Waals surface area contributed by atoms with E-state index in [0.29, 0.717) is 11.5 Å². The first-order valence-electron chi connectivity index (χ1n) is 7.07. The van der Waals surface area contributed by atoms with Crippen molar-refractivity contribution in [2.75, 3.05) is 14.2 Å². The van der Waals surface area contributed by atoms with Gasteiger partial charge in [-0.25, -0.2) is 0 Å². The molecule has 0 N–H and O–H groups in total. The van der Waals surface area contributed by atoms with Gasteiger partial charge in [0.25, 0.3) is 5.56 Å². The van der Waals surface area contributed by atoms with Gasteiger partial charge < -0.3 is 14.0 Å². The highest BCUT2D eigenvalue weighted by atomic mass is 16.5. The summed E-state index contributed by atoms with van der Waals surface area (Å²) >= 11 is 0. The first-order valence-corrected chi connectivity index (χ1v) is 7.07. The van der Waals surface area contributed by atoms with Gasteiger partial charge >= 0.3 is 0 Å². The summed E-state index contributed by atoms with van der Waals surface area (Å²) in [6.45, 7) is 0. The molecule has 0 saturated heterocycles. The SMILES string of the molecule is COc1ccc(OC)c(-c2ccc(C#N)c(=O)n2C2CC2)c1. The summed E-state index contributed by atoms with van der Waals surface area (Å²) in [5.74, 6) is 1.36. The quantitative estimate of drug-likeness (QED) is 0.870. The van der Waals surface area contributed by atoms with E-state index in [9.17, 15) is 4.79 Å². The number of pyridine rings is 1. The van der Waals surface area contributed by atoms with E-state index in [1.807, 2.05) is 24.3 Å². The van der Waals surface area contributed by atoms with Crippen LogP contribution in [0.4, 0.5) is 0 Å². The summed E-state index contributed by atoms with van der Waals surface area (Å²) in [5, 5.41) is 9.08. The van der Waals surface area contributed by atoms with E-state index in [-0.39, 0.29) is 17.2 Å². The van der Waals surface area contributed by atoms with Crippen LogP contribution in [-0.4, -0.2) is 18.8 Å². The average molecular weight is 296 g/mol. The van der Waals surface area contributed by atoms with Crippen molar-refractivity contribution in [3.05, 3.63) is 46.2 Å². The lowest BCUT2D eigenvalue weighted by Crippen LogP contribution is -2.23. The Hall–Kier alpha value is -2.74. The lowest BCUT2D eigenvalue weighted by atomic mass is 10.1. The van der Waals surface area contributed by atoms with Crippen molar-refractivity contribution in [1.29, 1.82) is 5.26 Å². The molecule has 3 rings (SSSR count). The topological polar surface area (TPSA) is 64.2 Å². The zero-order chi connectivity index (χ0) is 15.7. The fourth-order valence-corrected chi connectivity index (χ4v) is 2.57. The molecular weight excluding hydrogens is 280 g/mol. The molecule has 0 aliphatic heterocycles. The summed E-state index contributed by atoms with van der Waals surface area (Å²) in [6.07, 6.45) is 1.90. The van der Waals surface area contributed by atoms with E-state index in [4.69, 9.17) is 14.7 Å². The van der Waals surface area contributed by atoms with E-state index in [1.165, 1.54) is 0 Å². The molecule has 0 spiro atoms. The van der Waals surface area contributed by atoms with Gasteiger partial charge in [-0.1, -0.05) is 0 Å². The molecule has 1 aliphatic rings. The molecule has 0 unspecified atom stereocenters. The van der Waals surface area contributed by atoms with Crippen LogP contribution in [0.1, 0.15) is 24.4 Å². The smallest absolute Gasteiger partial charge is 0.269 e. The number of hydrogen-bond donors (Lipinski definition) is 0. The van der Waals surface area contributed by atoms with Crippen molar-refractivity contribution in [3.63, 3.8) is 0 Å². The van der Waals surface area contributed by atoms with Gasteiger partial charge in [-0.15, -0.1) is 0 Å². The third-order valence-electron chi connectivity index (χ3n) is 3.83. The normalized spacial score (nSPS) is 13.5. The molecule has 1 aromatic carbocycles.